The van der Waals surface area contributed by atoms with Crippen molar-refractivity contribution >= 4 is 11.4 Å². The van der Waals surface area contributed by atoms with Gasteiger partial charge in [-0.3, -0.25) is 0 Å². The van der Waals surface area contributed by atoms with Crippen LogP contribution in [0.4, 0.5) is 0 Å². The average Bonchev–Trinajstić information content (AvgIpc) is 3.40. The number of rotatable bonds is 46. The normalized spacial score (nSPS) is 11.2. The molecule has 3 heteroatoms. The van der Waals surface area contributed by atoms with Gasteiger partial charge in [0.15, 0.2) is 0 Å². The van der Waals surface area contributed by atoms with E-state index in [1.54, 1.807) is 0 Å². The zero-order chi connectivity index (χ0) is 52.6. The molecule has 0 aliphatic rings. The summed E-state index contributed by atoms with van der Waals surface area (Å²) in [6.45, 7) is 21.3. The van der Waals surface area contributed by atoms with E-state index in [2.05, 4.69) is 127 Å². The number of hydrogen-bond donors (Lipinski definition) is 0. The fourth-order valence-electron chi connectivity index (χ4n) is 9.66. The van der Waals surface area contributed by atoms with Gasteiger partial charge in [0.2, 0.25) is 0 Å². The first kappa shape index (κ1) is 72.6. The zero-order valence-electron chi connectivity index (χ0n) is 49.5. The van der Waals surface area contributed by atoms with E-state index >= 15 is 0 Å². The van der Waals surface area contributed by atoms with E-state index in [0.29, 0.717) is 0 Å². The fraction of sp³-hybridized carbons (Fsp3) is 0.714. The van der Waals surface area contributed by atoms with E-state index in [0.717, 1.165) is 56.9 Å². The second kappa shape index (κ2) is 58.8. The minimum absolute atomic E-state index is 0. The summed E-state index contributed by atoms with van der Waals surface area (Å²) < 4.78 is 0. The van der Waals surface area contributed by atoms with E-state index in [1.807, 2.05) is 0 Å². The molecule has 0 atom stereocenters. The third kappa shape index (κ3) is 44.4. The van der Waals surface area contributed by atoms with Crippen molar-refractivity contribution in [1.82, 2.24) is 0 Å². The molecule has 0 heterocycles. The van der Waals surface area contributed by atoms with Crippen LogP contribution in [0.3, 0.4) is 0 Å². The van der Waals surface area contributed by atoms with E-state index in [9.17, 15) is 5.53 Å². The molecule has 0 radical (unpaired) electrons. The first-order valence-electron chi connectivity index (χ1n) is 31.6. The molecule has 0 bridgehead atoms. The van der Waals surface area contributed by atoms with Gasteiger partial charge < -0.3 is 19.4 Å². The van der Waals surface area contributed by atoms with Gasteiger partial charge in [-0.25, -0.2) is 0 Å². The predicted molar refractivity (Wildman–Crippen MR) is 326 cm³/mol. The number of benzene rings is 2. The van der Waals surface area contributed by atoms with E-state index < -0.39 is 0 Å². The summed E-state index contributed by atoms with van der Waals surface area (Å²) in [6, 6.07) is 18.3. The Hall–Kier alpha value is -2.43. The molecule has 0 fully saturated rings. The Kier molecular flexibility index (Phi) is 58.5. The second-order valence-electron chi connectivity index (χ2n) is 21.3. The van der Waals surface area contributed by atoms with Gasteiger partial charge >= 0.3 is 22.4 Å². The van der Waals surface area contributed by atoms with Crippen LogP contribution in [0.2, 0.25) is 0 Å². The Morgan fingerprint density at radius 3 is 1.26 bits per heavy atom. The van der Waals surface area contributed by atoms with Crippen LogP contribution in [0.5, 0.6) is 0 Å². The largest absolute Gasteiger partial charge is 2.00 e. The fourth-order valence-corrected chi connectivity index (χ4v) is 9.66. The summed E-state index contributed by atoms with van der Waals surface area (Å²) in [5.41, 5.74) is 18.2. The topological polar surface area (TPSA) is 36.4 Å². The number of hydrogen-bond acceptors (Lipinski definition) is 0. The summed E-state index contributed by atoms with van der Waals surface area (Å²) in [5, 5.41) is 0. The van der Waals surface area contributed by atoms with Crippen LogP contribution in [0.15, 0.2) is 71.8 Å². The number of aryl methyl sites for hydroxylation is 2. The summed E-state index contributed by atoms with van der Waals surface area (Å²) >= 11 is 0. The maximum absolute atomic E-state index is 9.65. The van der Waals surface area contributed by atoms with E-state index in [-0.39, 0.29) is 16.5 Å². The third-order valence-electron chi connectivity index (χ3n) is 14.4. The molecule has 0 saturated heterocycles. The molecule has 0 aliphatic heterocycles. The molecule has 73 heavy (non-hydrogen) atoms. The van der Waals surface area contributed by atoms with Gasteiger partial charge in [-0.15, -0.1) is 4.79 Å². The minimum Gasteiger partial charge on any atom is -0.348 e. The van der Waals surface area contributed by atoms with Crippen molar-refractivity contribution in [3.05, 3.63) is 113 Å². The van der Waals surface area contributed by atoms with Crippen molar-refractivity contribution in [2.75, 3.05) is 0 Å². The molecular weight excluding hydrogens is 927 g/mol. The Balaban J connectivity index is 0. The van der Waals surface area contributed by atoms with Crippen molar-refractivity contribution in [2.24, 2.45) is 0 Å². The summed E-state index contributed by atoms with van der Waals surface area (Å²) in [5.74, 6) is 2.97. The molecule has 2 aromatic rings. The molecule has 0 unspecified atom stereocenters. The molecule has 0 N–H and O–H groups in total. The predicted octanol–water partition coefficient (Wildman–Crippen LogP) is 24.1. The molecule has 0 spiro atoms. The van der Waals surface area contributed by atoms with Gasteiger partial charge in [-0.2, -0.15) is 12.8 Å². The molecule has 2 rings (SSSR count). The summed E-state index contributed by atoms with van der Waals surface area (Å²) in [6.07, 6.45) is 62.9. The zero-order valence-corrected chi connectivity index (χ0v) is 50.5. The van der Waals surface area contributed by atoms with Crippen molar-refractivity contribution in [1.29, 1.82) is 0 Å². The van der Waals surface area contributed by atoms with Gasteiger partial charge in [0.1, 0.15) is 5.57 Å². The first-order chi connectivity index (χ1) is 35.5. The SMILES string of the molecule is CCCCCCCC=CC(=C=[N+]=[N-])C(CCCC)=C(c1ccc(CCCCC)cc1)c1cccc(CCCC)c1.[CH2-]CCCCCCCCCCCCCCC.[CH2-]CCCCCCCCCCCCCCC.[Ni+2]. The maximum Gasteiger partial charge on any atom is 2.00 e. The summed E-state index contributed by atoms with van der Waals surface area (Å²) in [4.78, 5) is 3.42. The van der Waals surface area contributed by atoms with Crippen molar-refractivity contribution in [3.63, 3.8) is 0 Å². The third-order valence-corrected chi connectivity index (χ3v) is 14.4. The van der Waals surface area contributed by atoms with Crippen LogP contribution in [0.1, 0.15) is 333 Å². The van der Waals surface area contributed by atoms with Gasteiger partial charge in [-0.05, 0) is 90.8 Å². The van der Waals surface area contributed by atoms with Crippen molar-refractivity contribution < 1.29 is 21.3 Å². The molecule has 0 amide bonds. The average molecular weight is 1050 g/mol. The van der Waals surface area contributed by atoms with Crippen LogP contribution < -0.4 is 0 Å². The quantitative estimate of drug-likeness (QED) is 0.0121. The Labute approximate surface area is 467 Å². The maximum atomic E-state index is 9.65. The van der Waals surface area contributed by atoms with Crippen LogP contribution in [0.25, 0.3) is 11.1 Å². The monoisotopic (exact) mass is 1050 g/mol. The smallest absolute Gasteiger partial charge is 0.348 e. The number of unbranched alkanes of at least 4 members (excludes halogenated alkanes) is 35. The number of nitrogens with zero attached hydrogens (tertiary/aromatic N) is 2. The molecule has 0 saturated carbocycles. The van der Waals surface area contributed by atoms with Crippen molar-refractivity contribution in [2.45, 2.75) is 324 Å². The minimum atomic E-state index is 0. The van der Waals surface area contributed by atoms with Gasteiger partial charge in [0.25, 0.3) is 0 Å². The molecular formula is C70H120N2Ni. The van der Waals surface area contributed by atoms with Gasteiger partial charge in [0.05, 0.1) is 0 Å². The molecule has 0 aromatic heterocycles. The molecule has 0 aliphatic carbocycles. The van der Waals surface area contributed by atoms with Crippen LogP contribution in [-0.2, 0) is 29.3 Å². The van der Waals surface area contributed by atoms with Gasteiger partial charge in [-0.1, -0.05) is 314 Å². The standard InChI is InChI=1S/C38H54N2.2C16H33.Ni/c1-5-9-13-14-15-16-18-23-36(31-40-39)37(25-12-8-4)38(35-24-19-22-33(30-35)20-11-7-3)34-28-26-32(27-29-34)21-17-10-6-2;2*1-3-5-7-9-11-13-15-16-14-12-10-8-6-4-2;/h18-19,22-24,26-30H,5-17,20-21,25H2,1-4H3;2*1,3-16H2,2H3;/q;2*-1;+2. The van der Waals surface area contributed by atoms with Crippen LogP contribution in [-0.4, -0.2) is 10.7 Å². The molecule has 2 nitrogen and oxygen atoms in total. The van der Waals surface area contributed by atoms with E-state index in [4.69, 9.17) is 0 Å². The van der Waals surface area contributed by atoms with E-state index in [1.165, 1.54) is 265 Å². The molecule has 2 aromatic carbocycles. The number of allylic oxidation sites excluding steroid dienone is 4. The van der Waals surface area contributed by atoms with Crippen LogP contribution >= 0.6 is 0 Å². The van der Waals surface area contributed by atoms with Crippen LogP contribution in [0, 0.1) is 13.8 Å². The second-order valence-corrected chi connectivity index (χ2v) is 21.3. The summed E-state index contributed by atoms with van der Waals surface area (Å²) in [7, 11) is 0. The Morgan fingerprint density at radius 2 is 0.836 bits per heavy atom. The van der Waals surface area contributed by atoms with Gasteiger partial charge in [0, 0.05) is 0 Å². The van der Waals surface area contributed by atoms with Crippen molar-refractivity contribution in [3.8, 4) is 0 Å². The Morgan fingerprint density at radius 1 is 0.438 bits per heavy atom. The Bertz CT molecular complexity index is 1530. The molecule has 420 valence electrons. The first-order valence-corrected chi connectivity index (χ1v) is 31.6.